The summed E-state index contributed by atoms with van der Waals surface area (Å²) in [4.78, 5) is 0. The lowest BCUT2D eigenvalue weighted by Gasteiger charge is -2.35. The lowest BCUT2D eigenvalue weighted by molar-refractivity contribution is 0.0436. The first kappa shape index (κ1) is 14.2. The minimum Gasteiger partial charge on any atom is -0.379 e. The molecular weight excluding hydrogens is 272 g/mol. The van der Waals surface area contributed by atoms with E-state index < -0.39 is 17.2 Å². The first-order valence-corrected chi connectivity index (χ1v) is 7.08. The molecular formula is C17H17F2NO. The van der Waals surface area contributed by atoms with Crippen molar-refractivity contribution in [3.8, 4) is 0 Å². The van der Waals surface area contributed by atoms with E-state index in [0.717, 1.165) is 19.4 Å². The molecule has 1 aliphatic rings. The van der Waals surface area contributed by atoms with Crippen molar-refractivity contribution in [1.82, 2.24) is 5.32 Å². The minimum absolute atomic E-state index is 0.263. The maximum Gasteiger partial charge on any atom is 0.130 e. The van der Waals surface area contributed by atoms with E-state index in [4.69, 9.17) is 0 Å². The van der Waals surface area contributed by atoms with Crippen molar-refractivity contribution in [2.24, 2.45) is 0 Å². The highest BCUT2D eigenvalue weighted by molar-refractivity contribution is 5.39. The molecule has 0 aliphatic carbocycles. The summed E-state index contributed by atoms with van der Waals surface area (Å²) in [5, 5.41) is 14.5. The molecule has 21 heavy (non-hydrogen) atoms. The Morgan fingerprint density at radius 2 is 1.57 bits per heavy atom. The summed E-state index contributed by atoms with van der Waals surface area (Å²) < 4.78 is 27.1. The van der Waals surface area contributed by atoms with Gasteiger partial charge in [0.15, 0.2) is 0 Å². The third kappa shape index (κ3) is 2.57. The van der Waals surface area contributed by atoms with Crippen LogP contribution in [-0.4, -0.2) is 17.7 Å². The van der Waals surface area contributed by atoms with Crippen molar-refractivity contribution in [3.63, 3.8) is 0 Å². The van der Waals surface area contributed by atoms with Crippen LogP contribution in [0.4, 0.5) is 8.78 Å². The summed E-state index contributed by atoms with van der Waals surface area (Å²) in [5.41, 5.74) is -0.569. The van der Waals surface area contributed by atoms with Gasteiger partial charge in [0, 0.05) is 6.04 Å². The Kier molecular flexibility index (Phi) is 3.74. The van der Waals surface area contributed by atoms with Crippen molar-refractivity contribution in [2.75, 3.05) is 6.54 Å². The molecule has 0 spiro atoms. The van der Waals surface area contributed by atoms with Crippen LogP contribution in [0.15, 0.2) is 48.5 Å². The van der Waals surface area contributed by atoms with Gasteiger partial charge < -0.3 is 10.4 Å². The Morgan fingerprint density at radius 3 is 2.00 bits per heavy atom. The first-order chi connectivity index (χ1) is 10.1. The first-order valence-electron chi connectivity index (χ1n) is 7.08. The van der Waals surface area contributed by atoms with E-state index in [1.54, 1.807) is 24.3 Å². The van der Waals surface area contributed by atoms with Gasteiger partial charge >= 0.3 is 0 Å². The summed E-state index contributed by atoms with van der Waals surface area (Å²) in [6.07, 6.45) is 1.68. The summed E-state index contributed by atoms with van der Waals surface area (Å²) in [7, 11) is 0. The van der Waals surface area contributed by atoms with Gasteiger partial charge in [-0.2, -0.15) is 0 Å². The minimum atomic E-state index is -1.44. The Hall–Kier alpha value is -1.78. The van der Waals surface area contributed by atoms with Crippen LogP contribution in [0.5, 0.6) is 0 Å². The zero-order valence-electron chi connectivity index (χ0n) is 11.5. The van der Waals surface area contributed by atoms with Gasteiger partial charge in [-0.1, -0.05) is 24.3 Å². The highest BCUT2D eigenvalue weighted by Gasteiger charge is 2.41. The topological polar surface area (TPSA) is 32.3 Å². The summed E-state index contributed by atoms with van der Waals surface area (Å²) in [6, 6.07) is 11.5. The molecule has 0 aromatic heterocycles. The normalized spacial score (nSPS) is 18.9. The van der Waals surface area contributed by atoms with E-state index in [-0.39, 0.29) is 6.04 Å². The molecule has 110 valence electrons. The van der Waals surface area contributed by atoms with Crippen LogP contribution in [-0.2, 0) is 5.60 Å². The molecule has 0 saturated carbocycles. The number of nitrogens with one attached hydrogen (secondary N) is 1. The molecule has 1 aliphatic heterocycles. The van der Waals surface area contributed by atoms with Crippen molar-refractivity contribution in [3.05, 3.63) is 71.3 Å². The van der Waals surface area contributed by atoms with Crippen LogP contribution >= 0.6 is 0 Å². The second-order valence-electron chi connectivity index (χ2n) is 5.44. The number of aliphatic hydroxyl groups is 1. The van der Waals surface area contributed by atoms with Gasteiger partial charge in [-0.3, -0.25) is 0 Å². The molecule has 0 amide bonds. The van der Waals surface area contributed by atoms with Crippen LogP contribution in [0.1, 0.15) is 24.0 Å². The molecule has 1 heterocycles. The molecule has 1 fully saturated rings. The summed E-state index contributed by atoms with van der Waals surface area (Å²) in [6.45, 7) is 0.789. The largest absolute Gasteiger partial charge is 0.379 e. The molecule has 0 radical (unpaired) electrons. The molecule has 1 unspecified atom stereocenters. The van der Waals surface area contributed by atoms with Gasteiger partial charge in [0.05, 0.1) is 0 Å². The van der Waals surface area contributed by atoms with Gasteiger partial charge in [-0.15, -0.1) is 0 Å². The van der Waals surface area contributed by atoms with Crippen molar-refractivity contribution < 1.29 is 13.9 Å². The Morgan fingerprint density at radius 1 is 1.00 bits per heavy atom. The summed E-state index contributed by atoms with van der Waals surface area (Å²) in [5.74, 6) is -0.833. The number of halogens is 2. The van der Waals surface area contributed by atoms with Crippen molar-refractivity contribution in [1.29, 1.82) is 0 Å². The Bertz CT molecular complexity index is 593. The standard InChI is InChI=1S/C17H17F2NO/c18-14-6-1-4-12(10-14)17(21,16-8-3-9-20-16)13-5-2-7-15(19)11-13/h1-2,4-7,10-11,16,20-21H,3,8-9H2. The predicted molar refractivity (Wildman–Crippen MR) is 76.8 cm³/mol. The van der Waals surface area contributed by atoms with E-state index >= 15 is 0 Å². The van der Waals surface area contributed by atoms with E-state index in [1.807, 2.05) is 0 Å². The number of hydrogen-bond acceptors (Lipinski definition) is 2. The maximum atomic E-state index is 13.6. The Balaban J connectivity index is 2.15. The van der Waals surface area contributed by atoms with Crippen LogP contribution in [0.3, 0.4) is 0 Å². The molecule has 2 nitrogen and oxygen atoms in total. The second-order valence-corrected chi connectivity index (χ2v) is 5.44. The van der Waals surface area contributed by atoms with E-state index in [1.165, 1.54) is 24.3 Å². The van der Waals surface area contributed by atoms with Crippen LogP contribution in [0.25, 0.3) is 0 Å². The lowest BCUT2D eigenvalue weighted by atomic mass is 9.79. The molecule has 2 N–H and O–H groups in total. The lowest BCUT2D eigenvalue weighted by Crippen LogP contribution is -2.46. The fourth-order valence-corrected chi connectivity index (χ4v) is 3.06. The van der Waals surface area contributed by atoms with Gasteiger partial charge in [0.2, 0.25) is 0 Å². The summed E-state index contributed by atoms with van der Waals surface area (Å²) >= 11 is 0. The quantitative estimate of drug-likeness (QED) is 0.910. The average molecular weight is 289 g/mol. The fraction of sp³-hybridized carbons (Fsp3) is 0.294. The van der Waals surface area contributed by atoms with Gasteiger partial charge in [-0.05, 0) is 54.8 Å². The molecule has 1 saturated heterocycles. The van der Waals surface area contributed by atoms with Crippen LogP contribution < -0.4 is 5.32 Å². The zero-order valence-corrected chi connectivity index (χ0v) is 11.5. The molecule has 1 atom stereocenters. The molecule has 4 heteroatoms. The SMILES string of the molecule is OC(c1cccc(F)c1)(c1cccc(F)c1)C1CCCN1. The number of hydrogen-bond donors (Lipinski definition) is 2. The van der Waals surface area contributed by atoms with Gasteiger partial charge in [0.25, 0.3) is 0 Å². The van der Waals surface area contributed by atoms with Crippen molar-refractivity contribution >= 4 is 0 Å². The van der Waals surface area contributed by atoms with E-state index in [0.29, 0.717) is 11.1 Å². The van der Waals surface area contributed by atoms with Crippen LogP contribution in [0.2, 0.25) is 0 Å². The third-order valence-corrected chi connectivity index (χ3v) is 4.09. The Labute approximate surface area is 122 Å². The third-order valence-electron chi connectivity index (χ3n) is 4.09. The smallest absolute Gasteiger partial charge is 0.130 e. The van der Waals surface area contributed by atoms with E-state index in [2.05, 4.69) is 5.32 Å². The monoisotopic (exact) mass is 289 g/mol. The van der Waals surface area contributed by atoms with Crippen LogP contribution in [0, 0.1) is 11.6 Å². The maximum absolute atomic E-state index is 13.6. The fourth-order valence-electron chi connectivity index (χ4n) is 3.06. The number of rotatable bonds is 3. The molecule has 2 aromatic rings. The second kappa shape index (κ2) is 5.54. The van der Waals surface area contributed by atoms with Gasteiger partial charge in [-0.25, -0.2) is 8.78 Å². The molecule has 2 aromatic carbocycles. The van der Waals surface area contributed by atoms with E-state index in [9.17, 15) is 13.9 Å². The molecule has 0 bridgehead atoms. The highest BCUT2D eigenvalue weighted by Crippen LogP contribution is 2.37. The predicted octanol–water partition coefficient (Wildman–Crippen LogP) is 2.95. The number of benzene rings is 2. The molecule has 3 rings (SSSR count). The van der Waals surface area contributed by atoms with Crippen molar-refractivity contribution in [2.45, 2.75) is 24.5 Å². The average Bonchev–Trinajstić information content (AvgIpc) is 3.01. The van der Waals surface area contributed by atoms with Gasteiger partial charge in [0.1, 0.15) is 17.2 Å². The highest BCUT2D eigenvalue weighted by atomic mass is 19.1. The zero-order chi connectivity index (χ0) is 14.9.